The number of nitrogens with zero attached hydrogens (tertiary/aromatic N) is 3. The van der Waals surface area contributed by atoms with Crippen molar-refractivity contribution in [2.24, 2.45) is 0 Å². The minimum absolute atomic E-state index is 0.334. The highest BCUT2D eigenvalue weighted by molar-refractivity contribution is 6.03. The Bertz CT molecular complexity index is 826. The fraction of sp³-hybridized carbons (Fsp3) is 0.125. The molecule has 2 N–H and O–H groups in total. The van der Waals surface area contributed by atoms with Gasteiger partial charge in [0, 0.05) is 24.1 Å². The number of carbonyl (C=O) groups excluding carboxylic acids is 1. The lowest BCUT2D eigenvalue weighted by Crippen LogP contribution is -2.13. The number of hydrogen-bond donors (Lipinski definition) is 2. The van der Waals surface area contributed by atoms with Crippen LogP contribution >= 0.6 is 0 Å². The molecular weight excluding hydrogens is 294 g/mol. The Labute approximate surface area is 132 Å². The summed E-state index contributed by atoms with van der Waals surface area (Å²) < 4.78 is 4.89. The average molecular weight is 309 g/mol. The van der Waals surface area contributed by atoms with Crippen LogP contribution in [0.1, 0.15) is 21.7 Å². The molecule has 0 aliphatic rings. The van der Waals surface area contributed by atoms with Crippen molar-refractivity contribution < 1.29 is 9.32 Å². The summed E-state index contributed by atoms with van der Waals surface area (Å²) in [4.78, 5) is 20.4. The quantitative estimate of drug-likeness (QED) is 0.769. The van der Waals surface area contributed by atoms with Gasteiger partial charge in [0.2, 0.25) is 5.95 Å². The zero-order chi connectivity index (χ0) is 16.2. The maximum Gasteiger partial charge on any atom is 0.260 e. The second kappa shape index (κ2) is 6.27. The van der Waals surface area contributed by atoms with E-state index in [2.05, 4.69) is 25.8 Å². The van der Waals surface area contributed by atoms with Crippen molar-refractivity contribution in [1.82, 2.24) is 15.1 Å². The van der Waals surface area contributed by atoms with Gasteiger partial charge in [0.1, 0.15) is 5.76 Å². The number of rotatable bonds is 4. The van der Waals surface area contributed by atoms with Gasteiger partial charge in [0.25, 0.3) is 5.91 Å². The normalized spacial score (nSPS) is 10.3. The molecule has 2 aromatic heterocycles. The molecule has 0 atom stereocenters. The first-order chi connectivity index (χ1) is 11.1. The molecule has 0 aliphatic carbocycles. The fourth-order valence-electron chi connectivity index (χ4n) is 1.96. The number of amides is 1. The van der Waals surface area contributed by atoms with Crippen LogP contribution in [-0.2, 0) is 0 Å². The van der Waals surface area contributed by atoms with Crippen molar-refractivity contribution in [3.8, 4) is 0 Å². The van der Waals surface area contributed by atoms with Crippen molar-refractivity contribution in [3.05, 3.63) is 59.6 Å². The number of hydrogen-bond acceptors (Lipinski definition) is 6. The highest BCUT2D eigenvalue weighted by Gasteiger charge is 2.10. The van der Waals surface area contributed by atoms with Gasteiger partial charge in [-0.05, 0) is 25.5 Å². The lowest BCUT2D eigenvalue weighted by Gasteiger charge is -2.07. The molecule has 2 heterocycles. The second-order valence-corrected chi connectivity index (χ2v) is 5.01. The molecule has 3 aromatic rings. The predicted octanol–water partition coefficient (Wildman–Crippen LogP) is 3.08. The molecule has 0 spiro atoms. The van der Waals surface area contributed by atoms with E-state index in [4.69, 9.17) is 4.52 Å². The molecule has 0 saturated heterocycles. The maximum absolute atomic E-state index is 12.1. The monoisotopic (exact) mass is 309 g/mol. The van der Waals surface area contributed by atoms with Crippen LogP contribution in [0.4, 0.5) is 17.5 Å². The van der Waals surface area contributed by atoms with E-state index in [9.17, 15) is 4.79 Å². The zero-order valence-corrected chi connectivity index (χ0v) is 12.7. The summed E-state index contributed by atoms with van der Waals surface area (Å²) in [5, 5.41) is 9.43. The number of aromatic nitrogens is 3. The first-order valence-corrected chi connectivity index (χ1v) is 7.01. The van der Waals surface area contributed by atoms with E-state index in [0.29, 0.717) is 23.1 Å². The van der Waals surface area contributed by atoms with Crippen LogP contribution in [0, 0.1) is 13.8 Å². The van der Waals surface area contributed by atoms with E-state index >= 15 is 0 Å². The van der Waals surface area contributed by atoms with Crippen molar-refractivity contribution in [2.45, 2.75) is 13.8 Å². The van der Waals surface area contributed by atoms with Gasteiger partial charge in [0.05, 0.1) is 5.56 Å². The molecule has 0 radical (unpaired) electrons. The largest absolute Gasteiger partial charge is 0.360 e. The predicted molar refractivity (Wildman–Crippen MR) is 85.7 cm³/mol. The van der Waals surface area contributed by atoms with Gasteiger partial charge in [-0.1, -0.05) is 23.4 Å². The first kappa shape index (κ1) is 14.7. The van der Waals surface area contributed by atoms with Gasteiger partial charge in [-0.2, -0.15) is 0 Å². The second-order valence-electron chi connectivity index (χ2n) is 5.01. The van der Waals surface area contributed by atoms with Crippen LogP contribution in [0.2, 0.25) is 0 Å². The van der Waals surface area contributed by atoms with Gasteiger partial charge in [-0.3, -0.25) is 4.79 Å². The lowest BCUT2D eigenvalue weighted by atomic mass is 10.2. The molecule has 3 rings (SSSR count). The van der Waals surface area contributed by atoms with E-state index in [-0.39, 0.29) is 5.91 Å². The fourth-order valence-corrected chi connectivity index (χ4v) is 1.96. The van der Waals surface area contributed by atoms with Crippen molar-refractivity contribution in [2.75, 3.05) is 10.6 Å². The van der Waals surface area contributed by atoms with Crippen molar-refractivity contribution in [1.29, 1.82) is 0 Å². The standard InChI is InChI=1S/C16H15N5O2/c1-10-5-3-4-6-13(10)19-16-17-8-12(9-18-16)15(22)20-14-7-11(2)23-21-14/h3-9H,1-2H3,(H,17,18,19)(H,20,21,22). The topological polar surface area (TPSA) is 92.9 Å². The summed E-state index contributed by atoms with van der Waals surface area (Å²) in [5.74, 6) is 1.05. The number of carbonyl (C=O) groups is 1. The zero-order valence-electron chi connectivity index (χ0n) is 12.7. The molecular formula is C16H15N5O2. The van der Waals surface area contributed by atoms with E-state index in [1.54, 1.807) is 13.0 Å². The molecule has 0 saturated carbocycles. The number of nitrogens with one attached hydrogen (secondary N) is 2. The van der Waals surface area contributed by atoms with Gasteiger partial charge in [0.15, 0.2) is 5.82 Å². The van der Waals surface area contributed by atoms with Gasteiger partial charge in [-0.15, -0.1) is 0 Å². The molecule has 0 bridgehead atoms. The first-order valence-electron chi connectivity index (χ1n) is 7.01. The maximum atomic E-state index is 12.1. The Morgan fingerprint density at radius 2 is 1.87 bits per heavy atom. The average Bonchev–Trinajstić information content (AvgIpc) is 2.95. The summed E-state index contributed by atoms with van der Waals surface area (Å²) in [5.41, 5.74) is 2.34. The van der Waals surface area contributed by atoms with Crippen LogP contribution in [0.5, 0.6) is 0 Å². The van der Waals surface area contributed by atoms with Crippen LogP contribution in [0.3, 0.4) is 0 Å². The third kappa shape index (κ3) is 3.52. The Balaban J connectivity index is 1.69. The Morgan fingerprint density at radius 3 is 2.52 bits per heavy atom. The van der Waals surface area contributed by atoms with E-state index in [1.165, 1.54) is 12.4 Å². The van der Waals surface area contributed by atoms with Crippen LogP contribution in [-0.4, -0.2) is 21.0 Å². The number of anilines is 3. The summed E-state index contributed by atoms with van der Waals surface area (Å²) in [6, 6.07) is 9.45. The minimum Gasteiger partial charge on any atom is -0.360 e. The summed E-state index contributed by atoms with van der Waals surface area (Å²) in [6.45, 7) is 3.74. The summed E-state index contributed by atoms with van der Waals surface area (Å²) in [7, 11) is 0. The summed E-state index contributed by atoms with van der Waals surface area (Å²) >= 11 is 0. The highest BCUT2D eigenvalue weighted by atomic mass is 16.5. The Kier molecular flexibility index (Phi) is 4.01. The van der Waals surface area contributed by atoms with Crippen LogP contribution < -0.4 is 10.6 Å². The molecule has 0 fully saturated rings. The molecule has 116 valence electrons. The molecule has 1 aromatic carbocycles. The molecule has 1 amide bonds. The third-order valence-electron chi connectivity index (χ3n) is 3.18. The van der Waals surface area contributed by atoms with Gasteiger partial charge >= 0.3 is 0 Å². The Hall–Kier alpha value is -3.22. The van der Waals surface area contributed by atoms with E-state index in [1.807, 2.05) is 31.2 Å². The van der Waals surface area contributed by atoms with E-state index < -0.39 is 0 Å². The van der Waals surface area contributed by atoms with Crippen molar-refractivity contribution >= 4 is 23.4 Å². The van der Waals surface area contributed by atoms with E-state index in [0.717, 1.165) is 11.3 Å². The minimum atomic E-state index is -0.347. The highest BCUT2D eigenvalue weighted by Crippen LogP contribution is 2.17. The number of benzene rings is 1. The van der Waals surface area contributed by atoms with Crippen LogP contribution in [0.15, 0.2) is 47.2 Å². The van der Waals surface area contributed by atoms with Gasteiger partial charge < -0.3 is 15.2 Å². The lowest BCUT2D eigenvalue weighted by molar-refractivity contribution is 0.102. The summed E-state index contributed by atoms with van der Waals surface area (Å²) in [6.07, 6.45) is 2.91. The molecule has 7 nitrogen and oxygen atoms in total. The number of para-hydroxylation sites is 1. The molecule has 0 unspecified atom stereocenters. The Morgan fingerprint density at radius 1 is 1.13 bits per heavy atom. The third-order valence-corrected chi connectivity index (χ3v) is 3.18. The molecule has 23 heavy (non-hydrogen) atoms. The molecule has 7 heteroatoms. The van der Waals surface area contributed by atoms with Crippen LogP contribution in [0.25, 0.3) is 0 Å². The van der Waals surface area contributed by atoms with Crippen molar-refractivity contribution in [3.63, 3.8) is 0 Å². The molecule has 0 aliphatic heterocycles. The number of aryl methyl sites for hydroxylation is 2. The van der Waals surface area contributed by atoms with Gasteiger partial charge in [-0.25, -0.2) is 9.97 Å². The smallest absolute Gasteiger partial charge is 0.260 e. The SMILES string of the molecule is Cc1cc(NC(=O)c2cnc(Nc3ccccc3C)nc2)no1.